The van der Waals surface area contributed by atoms with E-state index in [0.29, 0.717) is 24.6 Å². The maximum Gasteiger partial charge on any atom is 0.422 e. The zero-order valence-corrected chi connectivity index (χ0v) is 14.7. The molecule has 0 amide bonds. The van der Waals surface area contributed by atoms with Crippen LogP contribution in [-0.2, 0) is 13.1 Å². The summed E-state index contributed by atoms with van der Waals surface area (Å²) in [6.45, 7) is 1.82. The number of aromatic nitrogens is 1. The predicted octanol–water partition coefficient (Wildman–Crippen LogP) is 3.42. The Kier molecular flexibility index (Phi) is 7.39. The van der Waals surface area contributed by atoms with Crippen LogP contribution in [0.25, 0.3) is 0 Å². The number of benzene rings is 1. The molecular weight excluding hydrogens is 364 g/mol. The number of ether oxygens (including phenoxy) is 1. The van der Waals surface area contributed by atoms with Crippen LogP contribution < -0.4 is 15.4 Å². The van der Waals surface area contributed by atoms with Crippen molar-refractivity contribution in [1.82, 2.24) is 15.6 Å². The first-order chi connectivity index (χ1) is 12.9. The van der Waals surface area contributed by atoms with E-state index in [2.05, 4.69) is 25.3 Å². The zero-order valence-electron chi connectivity index (χ0n) is 14.7. The van der Waals surface area contributed by atoms with E-state index in [1.165, 1.54) is 24.4 Å². The molecule has 0 saturated carbocycles. The third kappa shape index (κ3) is 7.93. The van der Waals surface area contributed by atoms with E-state index in [9.17, 15) is 17.6 Å². The molecule has 0 aliphatic heterocycles. The summed E-state index contributed by atoms with van der Waals surface area (Å²) in [6, 6.07) is 9.14. The molecule has 1 aromatic carbocycles. The van der Waals surface area contributed by atoms with Gasteiger partial charge in [-0.3, -0.25) is 0 Å². The van der Waals surface area contributed by atoms with Crippen LogP contribution in [-0.4, -0.2) is 30.3 Å². The van der Waals surface area contributed by atoms with Gasteiger partial charge in [-0.2, -0.15) is 13.2 Å². The van der Waals surface area contributed by atoms with Crippen LogP contribution in [0.3, 0.4) is 0 Å². The lowest BCUT2D eigenvalue weighted by Gasteiger charge is -2.12. The quantitative estimate of drug-likeness (QED) is 0.436. The van der Waals surface area contributed by atoms with Crippen LogP contribution in [0.1, 0.15) is 18.1 Å². The van der Waals surface area contributed by atoms with Gasteiger partial charge in [0.15, 0.2) is 12.6 Å². The molecule has 0 atom stereocenters. The summed E-state index contributed by atoms with van der Waals surface area (Å²) in [5, 5.41) is 6.17. The van der Waals surface area contributed by atoms with Gasteiger partial charge in [-0.05, 0) is 36.2 Å². The number of rotatable bonds is 7. The Balaban J connectivity index is 1.96. The highest BCUT2D eigenvalue weighted by atomic mass is 19.4. The number of aliphatic imine (C=N–C) groups is 1. The Bertz CT molecular complexity index is 748. The minimum Gasteiger partial charge on any atom is -0.468 e. The lowest BCUT2D eigenvalue weighted by Crippen LogP contribution is -2.36. The Labute approximate surface area is 154 Å². The highest BCUT2D eigenvalue weighted by Gasteiger charge is 2.28. The number of hydrogen-bond acceptors (Lipinski definition) is 3. The summed E-state index contributed by atoms with van der Waals surface area (Å²) >= 11 is 0. The van der Waals surface area contributed by atoms with E-state index in [0.717, 1.165) is 5.56 Å². The van der Waals surface area contributed by atoms with Crippen LogP contribution in [0.15, 0.2) is 47.6 Å². The number of pyridine rings is 1. The van der Waals surface area contributed by atoms with Gasteiger partial charge >= 0.3 is 6.18 Å². The van der Waals surface area contributed by atoms with Crippen LogP contribution in [0.2, 0.25) is 0 Å². The van der Waals surface area contributed by atoms with Gasteiger partial charge in [0.1, 0.15) is 5.82 Å². The summed E-state index contributed by atoms with van der Waals surface area (Å²) in [6.07, 6.45) is -3.05. The lowest BCUT2D eigenvalue weighted by molar-refractivity contribution is -0.154. The molecule has 27 heavy (non-hydrogen) atoms. The third-order valence-corrected chi connectivity index (χ3v) is 3.32. The Hall–Kier alpha value is -2.84. The van der Waals surface area contributed by atoms with Crippen molar-refractivity contribution < 1.29 is 22.3 Å². The van der Waals surface area contributed by atoms with Gasteiger partial charge in [-0.25, -0.2) is 14.4 Å². The molecule has 0 bridgehead atoms. The Morgan fingerprint density at radius 2 is 1.85 bits per heavy atom. The minimum absolute atomic E-state index is 0.107. The minimum atomic E-state index is -4.42. The molecule has 0 aliphatic carbocycles. The van der Waals surface area contributed by atoms with Gasteiger partial charge in [0.25, 0.3) is 0 Å². The molecule has 0 saturated heterocycles. The second-order valence-corrected chi connectivity index (χ2v) is 5.58. The maximum absolute atomic E-state index is 12.9. The number of hydrogen-bond donors (Lipinski definition) is 2. The van der Waals surface area contributed by atoms with Crippen LogP contribution in [0, 0.1) is 5.82 Å². The molecule has 0 unspecified atom stereocenters. The molecule has 2 N–H and O–H groups in total. The average Bonchev–Trinajstić information content (AvgIpc) is 2.63. The number of nitrogens with one attached hydrogen (secondary N) is 2. The summed E-state index contributed by atoms with van der Waals surface area (Å²) in [4.78, 5) is 8.14. The van der Waals surface area contributed by atoms with Crippen molar-refractivity contribution in [2.45, 2.75) is 26.2 Å². The van der Waals surface area contributed by atoms with Crippen molar-refractivity contribution in [2.75, 3.05) is 13.2 Å². The van der Waals surface area contributed by atoms with Crippen molar-refractivity contribution in [1.29, 1.82) is 0 Å². The van der Waals surface area contributed by atoms with Crippen LogP contribution >= 0.6 is 0 Å². The summed E-state index contributed by atoms with van der Waals surface area (Å²) < 4.78 is 54.2. The average molecular weight is 384 g/mol. The summed E-state index contributed by atoms with van der Waals surface area (Å²) in [7, 11) is 0. The second-order valence-electron chi connectivity index (χ2n) is 5.58. The summed E-state index contributed by atoms with van der Waals surface area (Å²) in [5.74, 6) is 0.112. The van der Waals surface area contributed by atoms with Crippen LogP contribution in [0.5, 0.6) is 5.88 Å². The monoisotopic (exact) mass is 384 g/mol. The zero-order chi connectivity index (χ0) is 19.7. The molecule has 1 aromatic heterocycles. The molecule has 2 rings (SSSR count). The Morgan fingerprint density at radius 1 is 1.11 bits per heavy atom. The largest absolute Gasteiger partial charge is 0.468 e. The van der Waals surface area contributed by atoms with Crippen molar-refractivity contribution in [3.63, 3.8) is 0 Å². The lowest BCUT2D eigenvalue weighted by atomic mass is 10.2. The highest BCUT2D eigenvalue weighted by Crippen LogP contribution is 2.17. The van der Waals surface area contributed by atoms with E-state index < -0.39 is 12.8 Å². The number of guanidine groups is 1. The first kappa shape index (κ1) is 20.5. The SMILES string of the molecule is CCNC(=NCc1ccnc(OCC(F)(F)F)c1)NCc1ccc(F)cc1. The molecule has 2 aromatic rings. The fourth-order valence-electron chi connectivity index (χ4n) is 2.08. The molecule has 5 nitrogen and oxygen atoms in total. The topological polar surface area (TPSA) is 58.5 Å². The molecule has 146 valence electrons. The fourth-order valence-corrected chi connectivity index (χ4v) is 2.08. The Morgan fingerprint density at radius 3 is 2.52 bits per heavy atom. The van der Waals surface area contributed by atoms with E-state index >= 15 is 0 Å². The van der Waals surface area contributed by atoms with Crippen molar-refractivity contribution in [3.05, 3.63) is 59.5 Å². The fraction of sp³-hybridized carbons (Fsp3) is 0.333. The molecule has 1 heterocycles. The van der Waals surface area contributed by atoms with Gasteiger partial charge in [0, 0.05) is 25.4 Å². The maximum atomic E-state index is 12.9. The van der Waals surface area contributed by atoms with Crippen molar-refractivity contribution in [3.8, 4) is 5.88 Å². The molecule has 9 heteroatoms. The van der Waals surface area contributed by atoms with Crippen molar-refractivity contribution in [2.24, 2.45) is 4.99 Å². The van der Waals surface area contributed by atoms with Gasteiger partial charge in [-0.15, -0.1) is 0 Å². The third-order valence-electron chi connectivity index (χ3n) is 3.32. The standard InChI is InChI=1S/C18H20F4N4O/c1-2-23-17(25-10-13-3-5-15(19)6-4-13)26-11-14-7-8-24-16(9-14)27-12-18(20,21)22/h3-9H,2,10-12H2,1H3,(H2,23,25,26). The predicted molar refractivity (Wildman–Crippen MR) is 93.8 cm³/mol. The van der Waals surface area contributed by atoms with Crippen LogP contribution in [0.4, 0.5) is 17.6 Å². The van der Waals surface area contributed by atoms with Crippen molar-refractivity contribution >= 4 is 5.96 Å². The van der Waals surface area contributed by atoms with Gasteiger partial charge < -0.3 is 15.4 Å². The number of halogens is 4. The molecule has 0 fully saturated rings. The van der Waals surface area contributed by atoms with Gasteiger partial charge in [0.2, 0.25) is 5.88 Å². The number of nitrogens with zero attached hydrogens (tertiary/aromatic N) is 2. The van der Waals surface area contributed by atoms with E-state index in [-0.39, 0.29) is 18.2 Å². The summed E-state index contributed by atoms with van der Waals surface area (Å²) in [5.41, 5.74) is 1.54. The normalized spacial score (nSPS) is 12.0. The molecule has 0 spiro atoms. The smallest absolute Gasteiger partial charge is 0.422 e. The number of alkyl halides is 3. The first-order valence-corrected chi connectivity index (χ1v) is 8.27. The van der Waals surface area contributed by atoms with Gasteiger partial charge in [-0.1, -0.05) is 12.1 Å². The first-order valence-electron chi connectivity index (χ1n) is 8.27. The van der Waals surface area contributed by atoms with E-state index in [4.69, 9.17) is 0 Å². The second kappa shape index (κ2) is 9.75. The molecule has 0 radical (unpaired) electrons. The van der Waals surface area contributed by atoms with Gasteiger partial charge in [0.05, 0.1) is 6.54 Å². The van der Waals surface area contributed by atoms with E-state index in [1.54, 1.807) is 18.2 Å². The molecule has 0 aliphatic rings. The molecular formula is C18H20F4N4O. The highest BCUT2D eigenvalue weighted by molar-refractivity contribution is 5.79. The van der Waals surface area contributed by atoms with E-state index in [1.807, 2.05) is 6.92 Å².